The van der Waals surface area contributed by atoms with Crippen LogP contribution in [0.3, 0.4) is 0 Å². The molecule has 0 aliphatic heterocycles. The highest BCUT2D eigenvalue weighted by Gasteiger charge is 2.38. The number of nitrogens with zero attached hydrogens (tertiary/aromatic N) is 2. The summed E-state index contributed by atoms with van der Waals surface area (Å²) in [5.41, 5.74) is 0.0205. The van der Waals surface area contributed by atoms with Crippen LogP contribution in [0.1, 0.15) is 112 Å². The van der Waals surface area contributed by atoms with Gasteiger partial charge in [0.05, 0.1) is 17.2 Å². The van der Waals surface area contributed by atoms with E-state index in [1.54, 1.807) is 13.1 Å². The number of aromatic nitrogens is 2. The third-order valence-electron chi connectivity index (χ3n) is 8.56. The number of ketones is 2. The highest BCUT2D eigenvalue weighted by atomic mass is 19.4. The molecule has 0 radical (unpaired) electrons. The van der Waals surface area contributed by atoms with E-state index < -0.39 is 17.7 Å². The average Bonchev–Trinajstić information content (AvgIpc) is 3.66. The Morgan fingerprint density at radius 1 is 1.11 bits per heavy atom. The van der Waals surface area contributed by atoms with Crippen molar-refractivity contribution in [1.82, 2.24) is 9.55 Å². The molecule has 0 spiro atoms. The summed E-state index contributed by atoms with van der Waals surface area (Å²) in [6.45, 7) is 3.96. The van der Waals surface area contributed by atoms with Crippen molar-refractivity contribution in [3.63, 3.8) is 0 Å². The average molecular weight is 521 g/mol. The second-order valence-corrected chi connectivity index (χ2v) is 11.3. The Morgan fingerprint density at radius 3 is 2.38 bits per heavy atom. The largest absolute Gasteiger partial charge is 0.418 e. The van der Waals surface area contributed by atoms with Crippen LogP contribution in [0.4, 0.5) is 13.2 Å². The highest BCUT2D eigenvalue weighted by molar-refractivity contribution is 5.99. The van der Waals surface area contributed by atoms with Crippen LogP contribution < -0.4 is 0 Å². The van der Waals surface area contributed by atoms with Crippen molar-refractivity contribution in [2.75, 3.05) is 0 Å². The predicted octanol–water partition coefficient (Wildman–Crippen LogP) is 7.00. The van der Waals surface area contributed by atoms with E-state index in [2.05, 4.69) is 4.98 Å². The van der Waals surface area contributed by atoms with Crippen LogP contribution in [-0.4, -0.2) is 32.3 Å². The molecule has 0 amide bonds. The summed E-state index contributed by atoms with van der Waals surface area (Å²) in [6, 6.07) is 2.94. The zero-order valence-corrected chi connectivity index (χ0v) is 22.1. The van der Waals surface area contributed by atoms with Gasteiger partial charge in [-0.15, -0.1) is 0 Å². The topological polar surface area (TPSA) is 72.2 Å². The maximum absolute atomic E-state index is 13.9. The summed E-state index contributed by atoms with van der Waals surface area (Å²) in [5, 5.41) is 9.76. The maximum Gasteiger partial charge on any atom is 0.418 e. The van der Waals surface area contributed by atoms with Gasteiger partial charge in [-0.05, 0) is 80.9 Å². The molecule has 1 heterocycles. The first-order valence-corrected chi connectivity index (χ1v) is 13.8. The molecule has 2 unspecified atom stereocenters. The van der Waals surface area contributed by atoms with Gasteiger partial charge < -0.3 is 9.67 Å². The van der Waals surface area contributed by atoms with E-state index in [1.165, 1.54) is 10.6 Å². The molecule has 5 nitrogen and oxygen atoms in total. The normalized spacial score (nSPS) is 22.2. The summed E-state index contributed by atoms with van der Waals surface area (Å²) in [4.78, 5) is 30.9. The van der Waals surface area contributed by atoms with Gasteiger partial charge in [0, 0.05) is 25.3 Å². The second-order valence-electron chi connectivity index (χ2n) is 11.3. The monoisotopic (exact) mass is 520 g/mol. The van der Waals surface area contributed by atoms with Crippen LogP contribution in [0.15, 0.2) is 12.1 Å². The number of carbonyl (C=O) groups excluding carboxylic acids is 2. The number of hydrogen-bond donors (Lipinski definition) is 1. The van der Waals surface area contributed by atoms with Crippen LogP contribution in [0.2, 0.25) is 0 Å². The van der Waals surface area contributed by atoms with E-state index in [0.29, 0.717) is 23.9 Å². The molecule has 204 valence electrons. The first-order chi connectivity index (χ1) is 17.5. The molecule has 2 atom stereocenters. The number of rotatable bonds is 11. The Balaban J connectivity index is 1.55. The molecule has 4 rings (SSSR count). The molecule has 2 aliphatic rings. The third-order valence-corrected chi connectivity index (χ3v) is 8.56. The molecular weight excluding hydrogens is 481 g/mol. The van der Waals surface area contributed by atoms with Gasteiger partial charge in [-0.25, -0.2) is 4.98 Å². The second kappa shape index (κ2) is 11.3. The lowest BCUT2D eigenvalue weighted by Gasteiger charge is -2.29. The van der Waals surface area contributed by atoms with Gasteiger partial charge >= 0.3 is 6.18 Å². The highest BCUT2D eigenvalue weighted by Crippen LogP contribution is 2.44. The van der Waals surface area contributed by atoms with Gasteiger partial charge in [0.15, 0.2) is 5.82 Å². The van der Waals surface area contributed by atoms with Crippen LogP contribution >= 0.6 is 0 Å². The standard InChI is InChI=1S/C29H39F3N2O3/c1-4-5-6-20(11-14-25(36)17(2)18-9-12-22(35)13-10-18)27(37)28-33-26-23(29(30,31)32)15-21(19-7-8-19)16-24(26)34(28)3/h15-20,22,35H,4-14H2,1-3H3. The van der Waals surface area contributed by atoms with E-state index in [0.717, 1.165) is 51.4 Å². The summed E-state index contributed by atoms with van der Waals surface area (Å²) in [5.74, 6) is -0.323. The number of imidazole rings is 1. The number of benzene rings is 1. The number of alkyl halides is 3. The Bertz CT molecular complexity index is 1130. The van der Waals surface area contributed by atoms with Crippen LogP contribution in [-0.2, 0) is 18.0 Å². The van der Waals surface area contributed by atoms with Gasteiger partial charge in [-0.2, -0.15) is 13.2 Å². The van der Waals surface area contributed by atoms with Gasteiger partial charge in [0.1, 0.15) is 11.3 Å². The molecule has 0 bridgehead atoms. The quantitative estimate of drug-likeness (QED) is 0.324. The van der Waals surface area contributed by atoms with Crippen LogP contribution in [0.5, 0.6) is 0 Å². The Morgan fingerprint density at radius 2 is 1.78 bits per heavy atom. The van der Waals surface area contributed by atoms with E-state index in [-0.39, 0.29) is 53.2 Å². The fraction of sp³-hybridized carbons (Fsp3) is 0.690. The fourth-order valence-electron chi connectivity index (χ4n) is 5.85. The van der Waals surface area contributed by atoms with Gasteiger partial charge in [0.2, 0.25) is 5.78 Å². The van der Waals surface area contributed by atoms with E-state index >= 15 is 0 Å². The van der Waals surface area contributed by atoms with Crippen molar-refractivity contribution in [3.05, 3.63) is 29.1 Å². The predicted molar refractivity (Wildman–Crippen MR) is 136 cm³/mol. The maximum atomic E-state index is 13.9. The van der Waals surface area contributed by atoms with Gasteiger partial charge in [-0.3, -0.25) is 9.59 Å². The summed E-state index contributed by atoms with van der Waals surface area (Å²) in [7, 11) is 1.61. The number of aryl methyl sites for hydroxylation is 1. The van der Waals surface area contributed by atoms with Crippen molar-refractivity contribution in [1.29, 1.82) is 0 Å². The number of halogens is 3. The zero-order chi connectivity index (χ0) is 26.9. The minimum atomic E-state index is -4.56. The number of carbonyl (C=O) groups is 2. The molecule has 2 fully saturated rings. The first-order valence-electron chi connectivity index (χ1n) is 13.8. The minimum Gasteiger partial charge on any atom is -0.393 e. The van der Waals surface area contributed by atoms with E-state index in [9.17, 15) is 27.9 Å². The summed E-state index contributed by atoms with van der Waals surface area (Å²) >= 11 is 0. The lowest BCUT2D eigenvalue weighted by Crippen LogP contribution is -2.28. The number of unbranched alkanes of at least 4 members (excludes halogenated alkanes) is 1. The number of aliphatic hydroxyl groups excluding tert-OH is 1. The van der Waals surface area contributed by atoms with Crippen molar-refractivity contribution < 1.29 is 27.9 Å². The van der Waals surface area contributed by atoms with E-state index in [4.69, 9.17) is 0 Å². The van der Waals surface area contributed by atoms with Gasteiger partial charge in [-0.1, -0.05) is 26.7 Å². The molecular formula is C29H39F3N2O3. The lowest BCUT2D eigenvalue weighted by atomic mass is 9.77. The smallest absolute Gasteiger partial charge is 0.393 e. The molecule has 37 heavy (non-hydrogen) atoms. The molecule has 8 heteroatoms. The third kappa shape index (κ3) is 6.27. The van der Waals surface area contributed by atoms with Crippen molar-refractivity contribution in [2.24, 2.45) is 24.8 Å². The number of aliphatic hydroxyl groups is 1. The van der Waals surface area contributed by atoms with E-state index in [1.807, 2.05) is 13.8 Å². The lowest BCUT2D eigenvalue weighted by molar-refractivity contribution is -0.136. The molecule has 0 saturated heterocycles. The Hall–Kier alpha value is -2.22. The van der Waals surface area contributed by atoms with Gasteiger partial charge in [0.25, 0.3) is 0 Å². The van der Waals surface area contributed by atoms with Crippen LogP contribution in [0, 0.1) is 17.8 Å². The molecule has 2 aliphatic carbocycles. The van der Waals surface area contributed by atoms with Crippen LogP contribution in [0.25, 0.3) is 11.0 Å². The zero-order valence-electron chi connectivity index (χ0n) is 22.1. The number of hydrogen-bond acceptors (Lipinski definition) is 4. The van der Waals surface area contributed by atoms with Crippen molar-refractivity contribution >= 4 is 22.6 Å². The molecule has 2 saturated carbocycles. The molecule has 1 aromatic heterocycles. The van der Waals surface area contributed by atoms with Crippen molar-refractivity contribution in [3.8, 4) is 0 Å². The first kappa shape index (κ1) is 27.8. The van der Waals surface area contributed by atoms with Crippen molar-refractivity contribution in [2.45, 2.75) is 103 Å². The number of fused-ring (bicyclic) bond motifs is 1. The Labute approximate surface area is 216 Å². The fourth-order valence-corrected chi connectivity index (χ4v) is 5.85. The molecule has 2 aromatic rings. The Kier molecular flexibility index (Phi) is 8.46. The SMILES string of the molecule is CCCCC(CCC(=O)C(C)C1CCC(O)CC1)C(=O)c1nc2c(C(F)(F)F)cc(C3CC3)cc2n1C. The molecule has 1 N–H and O–H groups in total. The molecule has 1 aromatic carbocycles. The summed E-state index contributed by atoms with van der Waals surface area (Å²) < 4.78 is 43.3. The minimum absolute atomic E-state index is 0.0383. The number of Topliss-reactive ketones (excluding diaryl/α,β-unsaturated/α-hetero) is 2. The summed E-state index contributed by atoms with van der Waals surface area (Å²) in [6.07, 6.45) is 2.90.